The number of amides is 1. The fourth-order valence-electron chi connectivity index (χ4n) is 3.58. The Kier molecular flexibility index (Phi) is 5.19. The number of nitrogens with one attached hydrogen (secondary N) is 3. The van der Waals surface area contributed by atoms with Gasteiger partial charge in [-0.05, 0) is 30.2 Å². The fraction of sp³-hybridized carbons (Fsp3) is 0.227. The number of H-pyrrole nitrogens is 2. The number of aromatic amines is 2. The largest absolute Gasteiger partial charge is 0.356 e. The van der Waals surface area contributed by atoms with Crippen LogP contribution in [0.3, 0.4) is 0 Å². The van der Waals surface area contributed by atoms with E-state index in [0.29, 0.717) is 13.0 Å². The van der Waals surface area contributed by atoms with Gasteiger partial charge in [-0.15, -0.1) is 0 Å². The van der Waals surface area contributed by atoms with Crippen molar-refractivity contribution < 1.29 is 4.79 Å². The molecule has 0 saturated heterocycles. The van der Waals surface area contributed by atoms with Gasteiger partial charge in [0.1, 0.15) is 5.65 Å². The highest BCUT2D eigenvalue weighted by Gasteiger charge is 2.21. The zero-order valence-electron chi connectivity index (χ0n) is 15.8. The molecule has 6 nitrogen and oxygen atoms in total. The minimum Gasteiger partial charge on any atom is -0.356 e. The molecule has 0 aliphatic heterocycles. The highest BCUT2D eigenvalue weighted by molar-refractivity contribution is 5.83. The average Bonchev–Trinajstić information content (AvgIpc) is 3.36. The lowest BCUT2D eigenvalue weighted by molar-refractivity contribution is -0.121. The summed E-state index contributed by atoms with van der Waals surface area (Å²) in [6.07, 6.45) is 8.29. The molecule has 1 amide bonds. The number of aryl methyl sites for hydroxylation is 1. The van der Waals surface area contributed by atoms with Crippen molar-refractivity contribution in [1.29, 1.82) is 0 Å². The standard InChI is InChI=1S/C22H23N5O/c1-15-4-2-5-16(10-15)19(20-13-26-22-18(20)6-3-8-25-22)11-21(28)24-9-7-17-12-23-14-27-17/h2-6,8,10,12-14,19H,7,9,11H2,1H3,(H,23,27)(H,24,28)(H,25,26). The quantitative estimate of drug-likeness (QED) is 0.464. The van der Waals surface area contributed by atoms with E-state index in [1.54, 1.807) is 18.7 Å². The van der Waals surface area contributed by atoms with Gasteiger partial charge in [0.05, 0.1) is 6.33 Å². The van der Waals surface area contributed by atoms with Crippen LogP contribution in [0, 0.1) is 6.92 Å². The van der Waals surface area contributed by atoms with Gasteiger partial charge in [0, 0.05) is 55.0 Å². The fourth-order valence-corrected chi connectivity index (χ4v) is 3.58. The van der Waals surface area contributed by atoms with Crippen molar-refractivity contribution in [1.82, 2.24) is 25.3 Å². The number of hydrogen-bond donors (Lipinski definition) is 3. The second kappa shape index (κ2) is 8.08. The molecule has 0 spiro atoms. The number of benzene rings is 1. The lowest BCUT2D eigenvalue weighted by atomic mass is 9.87. The minimum atomic E-state index is -0.0370. The van der Waals surface area contributed by atoms with Crippen LogP contribution in [0.4, 0.5) is 0 Å². The Balaban J connectivity index is 1.56. The van der Waals surface area contributed by atoms with Gasteiger partial charge in [0.25, 0.3) is 0 Å². The topological polar surface area (TPSA) is 86.5 Å². The number of fused-ring (bicyclic) bond motifs is 1. The normalized spacial score (nSPS) is 12.2. The number of nitrogens with zero attached hydrogens (tertiary/aromatic N) is 2. The summed E-state index contributed by atoms with van der Waals surface area (Å²) in [5.74, 6) is -0.00531. The molecule has 142 valence electrons. The maximum Gasteiger partial charge on any atom is 0.220 e. The maximum atomic E-state index is 12.7. The number of imidazole rings is 1. The number of carbonyl (C=O) groups is 1. The third kappa shape index (κ3) is 3.96. The minimum absolute atomic E-state index is 0.0317. The molecule has 3 N–H and O–H groups in total. The summed E-state index contributed by atoms with van der Waals surface area (Å²) in [6, 6.07) is 12.3. The molecule has 0 bridgehead atoms. The molecule has 3 heterocycles. The van der Waals surface area contributed by atoms with E-state index in [2.05, 4.69) is 50.4 Å². The molecule has 0 fully saturated rings. The highest BCUT2D eigenvalue weighted by atomic mass is 16.1. The van der Waals surface area contributed by atoms with Gasteiger partial charge in [0.15, 0.2) is 0 Å². The van der Waals surface area contributed by atoms with E-state index in [0.717, 1.165) is 34.3 Å². The summed E-state index contributed by atoms with van der Waals surface area (Å²) >= 11 is 0. The van der Waals surface area contributed by atoms with E-state index < -0.39 is 0 Å². The van der Waals surface area contributed by atoms with Crippen molar-refractivity contribution in [3.8, 4) is 0 Å². The second-order valence-corrected chi connectivity index (χ2v) is 6.99. The third-order valence-electron chi connectivity index (χ3n) is 4.96. The monoisotopic (exact) mass is 373 g/mol. The Morgan fingerprint density at radius 1 is 1.21 bits per heavy atom. The van der Waals surface area contributed by atoms with Gasteiger partial charge in [-0.3, -0.25) is 4.79 Å². The van der Waals surface area contributed by atoms with Crippen molar-refractivity contribution >= 4 is 16.9 Å². The molecule has 0 aliphatic rings. The zero-order chi connectivity index (χ0) is 19.3. The van der Waals surface area contributed by atoms with Crippen molar-refractivity contribution in [2.24, 2.45) is 0 Å². The van der Waals surface area contributed by atoms with Crippen LogP contribution in [0.2, 0.25) is 0 Å². The van der Waals surface area contributed by atoms with Gasteiger partial charge in [-0.1, -0.05) is 29.8 Å². The molecule has 1 unspecified atom stereocenters. The van der Waals surface area contributed by atoms with Crippen LogP contribution in [-0.4, -0.2) is 32.4 Å². The van der Waals surface area contributed by atoms with Crippen molar-refractivity contribution in [2.75, 3.05) is 6.54 Å². The van der Waals surface area contributed by atoms with E-state index in [1.165, 1.54) is 5.56 Å². The van der Waals surface area contributed by atoms with E-state index in [9.17, 15) is 4.79 Å². The van der Waals surface area contributed by atoms with Crippen molar-refractivity contribution in [2.45, 2.75) is 25.7 Å². The van der Waals surface area contributed by atoms with Gasteiger partial charge < -0.3 is 15.3 Å². The first-order chi connectivity index (χ1) is 13.7. The summed E-state index contributed by atoms with van der Waals surface area (Å²) in [6.45, 7) is 2.65. The van der Waals surface area contributed by atoms with Crippen LogP contribution in [0.5, 0.6) is 0 Å². The second-order valence-electron chi connectivity index (χ2n) is 6.99. The van der Waals surface area contributed by atoms with Crippen molar-refractivity contribution in [3.63, 3.8) is 0 Å². The Morgan fingerprint density at radius 2 is 2.14 bits per heavy atom. The van der Waals surface area contributed by atoms with Crippen LogP contribution < -0.4 is 5.32 Å². The number of hydrogen-bond acceptors (Lipinski definition) is 3. The van der Waals surface area contributed by atoms with Crippen LogP contribution in [-0.2, 0) is 11.2 Å². The molecule has 0 aliphatic carbocycles. The van der Waals surface area contributed by atoms with Gasteiger partial charge in [0.2, 0.25) is 5.91 Å². The number of pyridine rings is 1. The molecule has 1 atom stereocenters. The van der Waals surface area contributed by atoms with E-state index >= 15 is 0 Å². The summed E-state index contributed by atoms with van der Waals surface area (Å²) in [5.41, 5.74) is 5.26. The lowest BCUT2D eigenvalue weighted by Crippen LogP contribution is -2.27. The Morgan fingerprint density at radius 3 is 2.96 bits per heavy atom. The van der Waals surface area contributed by atoms with Crippen LogP contribution in [0.15, 0.2) is 61.3 Å². The highest BCUT2D eigenvalue weighted by Crippen LogP contribution is 2.33. The summed E-state index contributed by atoms with van der Waals surface area (Å²) in [7, 11) is 0. The summed E-state index contributed by atoms with van der Waals surface area (Å²) in [5, 5.41) is 4.09. The lowest BCUT2D eigenvalue weighted by Gasteiger charge is -2.17. The first-order valence-corrected chi connectivity index (χ1v) is 9.43. The molecule has 28 heavy (non-hydrogen) atoms. The number of aromatic nitrogens is 4. The number of carbonyl (C=O) groups excluding carboxylic acids is 1. The predicted octanol–water partition coefficient (Wildman–Crippen LogP) is 3.48. The summed E-state index contributed by atoms with van der Waals surface area (Å²) < 4.78 is 0. The number of rotatable bonds is 7. The molecule has 0 radical (unpaired) electrons. The van der Waals surface area contributed by atoms with Gasteiger partial charge >= 0.3 is 0 Å². The molecular weight excluding hydrogens is 350 g/mol. The first-order valence-electron chi connectivity index (χ1n) is 9.43. The van der Waals surface area contributed by atoms with E-state index in [-0.39, 0.29) is 11.8 Å². The Bertz CT molecular complexity index is 1070. The molecular formula is C22H23N5O. The predicted molar refractivity (Wildman–Crippen MR) is 109 cm³/mol. The smallest absolute Gasteiger partial charge is 0.220 e. The maximum absolute atomic E-state index is 12.7. The van der Waals surface area contributed by atoms with E-state index in [4.69, 9.17) is 0 Å². The van der Waals surface area contributed by atoms with Crippen LogP contribution >= 0.6 is 0 Å². The van der Waals surface area contributed by atoms with Crippen molar-refractivity contribution in [3.05, 3.63) is 83.7 Å². The Hall–Kier alpha value is -3.41. The molecule has 6 heteroatoms. The first kappa shape index (κ1) is 18.0. The molecule has 0 saturated carbocycles. The SMILES string of the molecule is Cc1cccc(C(CC(=O)NCCc2cnc[nH]2)c2c[nH]c3ncccc23)c1. The Labute approximate surface area is 163 Å². The van der Waals surface area contributed by atoms with Gasteiger partial charge in [-0.2, -0.15) is 0 Å². The van der Waals surface area contributed by atoms with E-state index in [1.807, 2.05) is 24.4 Å². The molecule has 4 aromatic rings. The molecule has 3 aromatic heterocycles. The third-order valence-corrected chi connectivity index (χ3v) is 4.96. The zero-order valence-corrected chi connectivity index (χ0v) is 15.8. The summed E-state index contributed by atoms with van der Waals surface area (Å²) in [4.78, 5) is 27.4. The molecule has 4 rings (SSSR count). The van der Waals surface area contributed by atoms with Gasteiger partial charge in [-0.25, -0.2) is 9.97 Å². The van der Waals surface area contributed by atoms with Crippen LogP contribution in [0.25, 0.3) is 11.0 Å². The van der Waals surface area contributed by atoms with Crippen LogP contribution in [0.1, 0.15) is 34.7 Å². The average molecular weight is 373 g/mol. The molecule has 1 aromatic carbocycles.